The first-order chi connectivity index (χ1) is 24.4. The lowest BCUT2D eigenvalue weighted by Crippen LogP contribution is -2.27. The molecule has 1 saturated heterocycles. The number of fused-ring (bicyclic) bond motifs is 1. The van der Waals surface area contributed by atoms with E-state index in [1.165, 1.54) is 36.7 Å². The Kier molecular flexibility index (Phi) is 8.98. The molecule has 10 nitrogen and oxygen atoms in total. The predicted octanol–water partition coefficient (Wildman–Crippen LogP) is 8.15. The number of carboxylic acids is 1. The van der Waals surface area contributed by atoms with Crippen LogP contribution in [0.4, 0.5) is 17.6 Å². The second kappa shape index (κ2) is 13.4. The molecule has 6 aromatic rings. The van der Waals surface area contributed by atoms with Crippen LogP contribution in [0, 0.1) is 17.0 Å². The molecule has 0 radical (unpaired) electrons. The summed E-state index contributed by atoms with van der Waals surface area (Å²) in [6, 6.07) is 12.7. The number of aromatic carboxylic acids is 1. The molecule has 5 heterocycles. The summed E-state index contributed by atoms with van der Waals surface area (Å²) in [6.45, 7) is 2.03. The monoisotopic (exact) mass is 720 g/mol. The summed E-state index contributed by atoms with van der Waals surface area (Å²) in [4.78, 5) is 25.1. The van der Waals surface area contributed by atoms with Gasteiger partial charge in [-0.25, -0.2) is 28.2 Å². The van der Waals surface area contributed by atoms with E-state index in [4.69, 9.17) is 26.1 Å². The molecule has 0 bridgehead atoms. The Bertz CT molecular complexity index is 2290. The van der Waals surface area contributed by atoms with Crippen molar-refractivity contribution in [3.8, 4) is 28.4 Å². The summed E-state index contributed by atoms with van der Waals surface area (Å²) >= 11 is 6.41. The van der Waals surface area contributed by atoms with E-state index in [9.17, 15) is 18.7 Å². The van der Waals surface area contributed by atoms with Crippen LogP contribution in [0.15, 0.2) is 73.2 Å². The largest absolute Gasteiger partial charge is 0.478 e. The summed E-state index contributed by atoms with van der Waals surface area (Å²) < 4.78 is 71.2. The van der Waals surface area contributed by atoms with Gasteiger partial charge in [-0.15, -0.1) is 0 Å². The van der Waals surface area contributed by atoms with Crippen LogP contribution in [0.5, 0.6) is 5.88 Å². The molecule has 1 aliphatic rings. The van der Waals surface area contributed by atoms with E-state index in [0.29, 0.717) is 51.6 Å². The zero-order chi connectivity index (χ0) is 36.0. The number of benzene rings is 2. The quantitative estimate of drug-likeness (QED) is 0.141. The number of carbonyl (C=O) groups is 1. The number of ether oxygens (including phenoxy) is 2. The molecule has 0 amide bonds. The van der Waals surface area contributed by atoms with Gasteiger partial charge in [0.05, 0.1) is 58.5 Å². The van der Waals surface area contributed by atoms with Crippen LogP contribution in [0.1, 0.15) is 53.7 Å². The lowest BCUT2D eigenvalue weighted by molar-refractivity contribution is 0.0566. The van der Waals surface area contributed by atoms with Gasteiger partial charge >= 0.3 is 12.5 Å². The van der Waals surface area contributed by atoms with Gasteiger partial charge in [0.15, 0.2) is 0 Å². The summed E-state index contributed by atoms with van der Waals surface area (Å²) in [6.07, 6.45) is 3.79. The van der Waals surface area contributed by atoms with Crippen LogP contribution in [-0.4, -0.2) is 53.6 Å². The molecule has 15 heteroatoms. The maximum atomic E-state index is 15.8. The number of hydrogen-bond acceptors (Lipinski definition) is 7. The number of halogens is 5. The van der Waals surface area contributed by atoms with Gasteiger partial charge in [-0.05, 0) is 48.0 Å². The van der Waals surface area contributed by atoms with E-state index in [0.717, 1.165) is 18.3 Å². The predicted molar refractivity (Wildman–Crippen MR) is 179 cm³/mol. The molecule has 1 unspecified atom stereocenters. The minimum atomic E-state index is -2.79. The Balaban J connectivity index is 1.12. The molecule has 1 fully saturated rings. The van der Waals surface area contributed by atoms with Crippen molar-refractivity contribution in [3.05, 3.63) is 112 Å². The first kappa shape index (κ1) is 34.1. The normalized spacial score (nSPS) is 15.6. The lowest BCUT2D eigenvalue weighted by Gasteiger charge is -2.28. The number of nitrogens with zero attached hydrogens (tertiary/aromatic N) is 6. The number of pyridine rings is 2. The molecule has 2 aromatic carbocycles. The molecule has 0 saturated carbocycles. The van der Waals surface area contributed by atoms with Crippen LogP contribution < -0.4 is 4.74 Å². The van der Waals surface area contributed by atoms with Crippen LogP contribution in [0.2, 0.25) is 5.02 Å². The Morgan fingerprint density at radius 2 is 1.88 bits per heavy atom. The molecule has 0 spiro atoms. The Morgan fingerprint density at radius 1 is 1.06 bits per heavy atom. The number of imidazole rings is 1. The number of aromatic nitrogens is 6. The van der Waals surface area contributed by atoms with Gasteiger partial charge in [-0.1, -0.05) is 31.5 Å². The lowest BCUT2D eigenvalue weighted by atomic mass is 9.87. The highest BCUT2D eigenvalue weighted by Gasteiger charge is 2.39. The Labute approximate surface area is 293 Å². The third-order valence-corrected chi connectivity index (χ3v) is 9.21. The van der Waals surface area contributed by atoms with E-state index in [2.05, 4.69) is 15.1 Å². The fourth-order valence-corrected chi connectivity index (χ4v) is 6.32. The number of rotatable bonds is 10. The van der Waals surface area contributed by atoms with Crippen LogP contribution in [0.25, 0.3) is 33.5 Å². The minimum absolute atomic E-state index is 0.0579. The van der Waals surface area contributed by atoms with E-state index >= 15 is 8.78 Å². The van der Waals surface area contributed by atoms with E-state index in [1.54, 1.807) is 18.2 Å². The van der Waals surface area contributed by atoms with Gasteiger partial charge in [-0.2, -0.15) is 13.9 Å². The second-order valence-electron chi connectivity index (χ2n) is 12.8. The van der Waals surface area contributed by atoms with Crippen molar-refractivity contribution in [2.75, 3.05) is 13.2 Å². The molecular formula is C36H29ClF4N6O4. The first-order valence-electron chi connectivity index (χ1n) is 15.7. The molecular weight excluding hydrogens is 692 g/mol. The van der Waals surface area contributed by atoms with Gasteiger partial charge in [0, 0.05) is 47.0 Å². The molecule has 1 N–H and O–H groups in total. The number of alkyl halides is 2. The van der Waals surface area contributed by atoms with Crippen molar-refractivity contribution in [1.82, 2.24) is 29.3 Å². The summed E-state index contributed by atoms with van der Waals surface area (Å²) in [5.41, 5.74) is 2.15. The zero-order valence-electron chi connectivity index (χ0n) is 27.2. The zero-order valence-corrected chi connectivity index (χ0v) is 27.9. The third kappa shape index (κ3) is 6.76. The van der Waals surface area contributed by atoms with E-state index in [1.807, 2.05) is 18.4 Å². The standard InChI is InChI=1S/C36H29ClF4N6O4/c1-36(2)18-50-17-31(36)47-30-9-19(34(48)49)6-7-28(30)44-32(47)10-20-8-26(39)23(11-25(20)38)27-4-3-5-33(45-27)51-16-22-13-42-29(12-24(22)37)21-14-43-46(15-21)35(40)41/h3-9,11-15,31,35H,10,16-18H2,1-2H3,(H,48,49). The first-order valence-corrected chi connectivity index (χ1v) is 16.1. The smallest absolute Gasteiger partial charge is 0.335 e. The third-order valence-electron chi connectivity index (χ3n) is 8.86. The fourth-order valence-electron chi connectivity index (χ4n) is 6.12. The van der Waals surface area contributed by atoms with Crippen LogP contribution >= 0.6 is 11.6 Å². The SMILES string of the molecule is CC1(C)COCC1n1c(Cc2cc(F)c(-c3cccc(OCc4cnc(-c5cnn(C(F)F)c5)cc4Cl)n3)cc2F)nc2ccc(C(=O)O)cc21. The molecule has 0 aliphatic carbocycles. The highest BCUT2D eigenvalue weighted by molar-refractivity contribution is 6.31. The van der Waals surface area contributed by atoms with Crippen LogP contribution in [-0.2, 0) is 17.8 Å². The molecule has 4 aromatic heterocycles. The Hall–Kier alpha value is -5.34. The molecule has 262 valence electrons. The van der Waals surface area contributed by atoms with Crippen molar-refractivity contribution in [2.45, 2.75) is 39.5 Å². The fraction of sp³-hybridized carbons (Fsp3) is 0.250. The summed E-state index contributed by atoms with van der Waals surface area (Å²) in [5, 5.41) is 13.5. The van der Waals surface area contributed by atoms with Gasteiger partial charge in [-0.3, -0.25) is 4.98 Å². The van der Waals surface area contributed by atoms with Gasteiger partial charge in [0.25, 0.3) is 0 Å². The number of carboxylic acid groups (broad SMARTS) is 1. The van der Waals surface area contributed by atoms with Crippen molar-refractivity contribution in [1.29, 1.82) is 0 Å². The maximum Gasteiger partial charge on any atom is 0.335 e. The van der Waals surface area contributed by atoms with Crippen LogP contribution in [0.3, 0.4) is 0 Å². The number of hydrogen-bond donors (Lipinski definition) is 1. The van der Waals surface area contributed by atoms with Gasteiger partial charge in [0.2, 0.25) is 5.88 Å². The second-order valence-corrected chi connectivity index (χ2v) is 13.2. The average molecular weight is 721 g/mol. The Morgan fingerprint density at radius 3 is 2.59 bits per heavy atom. The summed E-state index contributed by atoms with van der Waals surface area (Å²) in [7, 11) is 0. The molecule has 1 aliphatic heterocycles. The van der Waals surface area contributed by atoms with Gasteiger partial charge < -0.3 is 19.1 Å². The highest BCUT2D eigenvalue weighted by Crippen LogP contribution is 2.41. The minimum Gasteiger partial charge on any atom is -0.478 e. The van der Waals surface area contributed by atoms with E-state index < -0.39 is 24.2 Å². The molecule has 7 rings (SSSR count). The van der Waals surface area contributed by atoms with E-state index in [-0.39, 0.29) is 57.8 Å². The van der Waals surface area contributed by atoms with Crippen molar-refractivity contribution in [2.24, 2.45) is 5.41 Å². The topological polar surface area (TPSA) is 117 Å². The van der Waals surface area contributed by atoms with Crippen molar-refractivity contribution in [3.63, 3.8) is 0 Å². The molecule has 51 heavy (non-hydrogen) atoms. The van der Waals surface area contributed by atoms with Gasteiger partial charge in [0.1, 0.15) is 24.1 Å². The summed E-state index contributed by atoms with van der Waals surface area (Å²) in [5.74, 6) is -1.92. The van der Waals surface area contributed by atoms with Crippen molar-refractivity contribution < 1.29 is 36.9 Å². The molecule has 1 atom stereocenters. The average Bonchev–Trinajstić information content (AvgIpc) is 3.82. The van der Waals surface area contributed by atoms with Crippen molar-refractivity contribution >= 4 is 28.6 Å². The highest BCUT2D eigenvalue weighted by atomic mass is 35.5. The maximum absolute atomic E-state index is 15.8.